The molecule has 190 valence electrons. The van der Waals surface area contributed by atoms with Gasteiger partial charge in [0.1, 0.15) is 0 Å². The highest BCUT2D eigenvalue weighted by molar-refractivity contribution is 7.99. The number of ether oxygens (including phenoxy) is 1. The minimum atomic E-state index is -1.07. The molecule has 0 unspecified atom stereocenters. The van der Waals surface area contributed by atoms with Crippen molar-refractivity contribution in [1.82, 2.24) is 4.98 Å². The summed E-state index contributed by atoms with van der Waals surface area (Å²) in [4.78, 5) is 24.5. The third kappa shape index (κ3) is 4.37. The van der Waals surface area contributed by atoms with E-state index in [1.54, 1.807) is 29.7 Å². The van der Waals surface area contributed by atoms with E-state index in [-0.39, 0.29) is 5.97 Å². The Labute approximate surface area is 223 Å². The van der Waals surface area contributed by atoms with Crippen LogP contribution in [0.2, 0.25) is 0 Å². The second-order valence-corrected chi connectivity index (χ2v) is 10.3. The Bertz CT molecular complexity index is 1180. The fourth-order valence-electron chi connectivity index (χ4n) is 5.15. The average Bonchev–Trinajstić information content (AvgIpc) is 3.22. The summed E-state index contributed by atoms with van der Waals surface area (Å²) in [6.45, 7) is 12.4. The summed E-state index contributed by atoms with van der Waals surface area (Å²) < 4.78 is 6.43. The van der Waals surface area contributed by atoms with Gasteiger partial charge in [0.25, 0.3) is 0 Å². The lowest BCUT2D eigenvalue weighted by atomic mass is 9.80. The largest absolute Gasteiger partial charge is 0.439 e. The number of anilines is 2. The van der Waals surface area contributed by atoms with E-state index in [0.717, 1.165) is 52.7 Å². The summed E-state index contributed by atoms with van der Waals surface area (Å²) in [5, 5.41) is 0. The Morgan fingerprint density at radius 2 is 1.28 bits per heavy atom. The number of rotatable bonds is 10. The van der Waals surface area contributed by atoms with Gasteiger partial charge in [-0.05, 0) is 70.5 Å². The predicted octanol–water partition coefficient (Wildman–Crippen LogP) is 6.68. The lowest BCUT2D eigenvalue weighted by molar-refractivity contribution is 0.0234. The molecule has 36 heavy (non-hydrogen) atoms. The Hall–Kier alpha value is -2.64. The van der Waals surface area contributed by atoms with Gasteiger partial charge in [0.2, 0.25) is 0 Å². The van der Waals surface area contributed by atoms with Gasteiger partial charge >= 0.3 is 5.97 Å². The second kappa shape index (κ2) is 11.2. The van der Waals surface area contributed by atoms with Gasteiger partial charge < -0.3 is 14.5 Å². The summed E-state index contributed by atoms with van der Waals surface area (Å²) in [6, 6.07) is 16.9. The van der Waals surface area contributed by atoms with Gasteiger partial charge in [0, 0.05) is 70.2 Å². The zero-order valence-electron chi connectivity index (χ0n) is 22.0. The third-order valence-electron chi connectivity index (χ3n) is 7.01. The number of esters is 1. The molecule has 5 nitrogen and oxygen atoms in total. The molecule has 7 heteroatoms. The third-order valence-corrected chi connectivity index (χ3v) is 8.57. The number of aromatic nitrogens is 1. The van der Waals surface area contributed by atoms with Crippen LogP contribution < -0.4 is 9.80 Å². The van der Waals surface area contributed by atoms with Crippen molar-refractivity contribution in [1.29, 1.82) is 0 Å². The number of pyridine rings is 1. The van der Waals surface area contributed by atoms with Crippen LogP contribution in [-0.4, -0.2) is 49.6 Å². The molecule has 0 saturated carbocycles. The van der Waals surface area contributed by atoms with Crippen LogP contribution in [0, 0.1) is 0 Å². The SMILES string of the molecule is CCN(CC)c1ccc(C2(c3ccc(N(CC)CC)cc3SC)OC(=O)c3ncccc32)c(SC)c1. The normalized spacial score (nSPS) is 13.9. The number of thioether (sulfide) groups is 2. The Morgan fingerprint density at radius 3 is 1.72 bits per heavy atom. The van der Waals surface area contributed by atoms with Gasteiger partial charge in [-0.1, -0.05) is 18.2 Å². The predicted molar refractivity (Wildman–Crippen MR) is 153 cm³/mol. The van der Waals surface area contributed by atoms with Crippen molar-refractivity contribution in [2.24, 2.45) is 0 Å². The molecular formula is C29H35N3O2S2. The van der Waals surface area contributed by atoms with Gasteiger partial charge in [-0.25, -0.2) is 9.78 Å². The fraction of sp³-hybridized carbons (Fsp3) is 0.379. The number of hydrogen-bond acceptors (Lipinski definition) is 7. The molecule has 0 saturated heterocycles. The maximum Gasteiger partial charge on any atom is 0.358 e. The molecule has 0 amide bonds. The number of cyclic esters (lactones) is 1. The van der Waals surface area contributed by atoms with E-state index in [1.807, 2.05) is 12.1 Å². The first kappa shape index (κ1) is 26.4. The molecule has 1 aliphatic rings. The first-order valence-corrected chi connectivity index (χ1v) is 15.0. The smallest absolute Gasteiger partial charge is 0.358 e. The van der Waals surface area contributed by atoms with Gasteiger partial charge in [0.15, 0.2) is 11.3 Å². The molecule has 0 atom stereocenters. The van der Waals surface area contributed by atoms with E-state index in [1.165, 1.54) is 11.4 Å². The van der Waals surface area contributed by atoms with Crippen molar-refractivity contribution >= 4 is 40.9 Å². The van der Waals surface area contributed by atoms with Crippen LogP contribution >= 0.6 is 23.5 Å². The van der Waals surface area contributed by atoms with Crippen LogP contribution in [0.1, 0.15) is 54.9 Å². The van der Waals surface area contributed by atoms with Crippen molar-refractivity contribution in [2.75, 3.05) is 48.5 Å². The van der Waals surface area contributed by atoms with Crippen molar-refractivity contribution in [3.63, 3.8) is 0 Å². The Morgan fingerprint density at radius 1 is 0.778 bits per heavy atom. The van der Waals surface area contributed by atoms with Gasteiger partial charge in [0.05, 0.1) is 0 Å². The molecule has 0 bridgehead atoms. The van der Waals surface area contributed by atoms with E-state index in [9.17, 15) is 4.79 Å². The van der Waals surface area contributed by atoms with Crippen LogP contribution in [-0.2, 0) is 10.3 Å². The van der Waals surface area contributed by atoms with Crippen molar-refractivity contribution in [3.05, 3.63) is 77.1 Å². The second-order valence-electron chi connectivity index (χ2n) is 8.58. The van der Waals surface area contributed by atoms with Crippen LogP contribution in [0.4, 0.5) is 11.4 Å². The molecule has 1 aliphatic heterocycles. The first-order chi connectivity index (χ1) is 17.5. The molecule has 2 heterocycles. The Kier molecular flexibility index (Phi) is 8.20. The highest BCUT2D eigenvalue weighted by atomic mass is 32.2. The molecule has 1 aromatic heterocycles. The molecule has 0 fully saturated rings. The summed E-state index contributed by atoms with van der Waals surface area (Å²) >= 11 is 3.36. The highest BCUT2D eigenvalue weighted by Gasteiger charge is 2.51. The first-order valence-electron chi connectivity index (χ1n) is 12.5. The summed E-state index contributed by atoms with van der Waals surface area (Å²) in [5.74, 6) is -0.384. The molecule has 2 aromatic carbocycles. The standard InChI is InChI=1S/C29H35N3O2S2/c1-7-31(8-2)20-13-15-22(25(18-20)35-5)29(24-12-11-17-30-27(24)28(33)34-29)23-16-14-21(19-26(23)36-6)32(9-3)10-4/h11-19H,7-10H2,1-6H3. The molecule has 3 aromatic rings. The fourth-order valence-corrected chi connectivity index (χ4v) is 6.49. The molecule has 0 spiro atoms. The average molecular weight is 522 g/mol. The van der Waals surface area contributed by atoms with Crippen LogP contribution in [0.5, 0.6) is 0 Å². The lowest BCUT2D eigenvalue weighted by Crippen LogP contribution is -2.32. The highest BCUT2D eigenvalue weighted by Crippen LogP contribution is 2.52. The number of carbonyl (C=O) groups excluding carboxylic acids is 1. The van der Waals surface area contributed by atoms with E-state index >= 15 is 0 Å². The topological polar surface area (TPSA) is 45.7 Å². The van der Waals surface area contributed by atoms with E-state index in [0.29, 0.717) is 5.69 Å². The van der Waals surface area contributed by atoms with E-state index in [2.05, 4.69) is 91.4 Å². The quantitative estimate of drug-likeness (QED) is 0.218. The number of nitrogens with zero attached hydrogens (tertiary/aromatic N) is 3. The number of benzene rings is 2. The van der Waals surface area contributed by atoms with Crippen molar-refractivity contribution < 1.29 is 9.53 Å². The summed E-state index contributed by atoms with van der Waals surface area (Å²) in [7, 11) is 0. The molecule has 0 N–H and O–H groups in total. The zero-order chi connectivity index (χ0) is 25.9. The van der Waals surface area contributed by atoms with Gasteiger partial charge in [-0.15, -0.1) is 23.5 Å². The number of carbonyl (C=O) groups is 1. The lowest BCUT2D eigenvalue weighted by Gasteiger charge is -2.34. The number of fused-ring (bicyclic) bond motifs is 1. The monoisotopic (exact) mass is 521 g/mol. The maximum atomic E-state index is 13.2. The van der Waals surface area contributed by atoms with Crippen molar-refractivity contribution in [3.8, 4) is 0 Å². The summed E-state index contributed by atoms with van der Waals surface area (Å²) in [6.07, 6.45) is 5.82. The van der Waals surface area contributed by atoms with Crippen molar-refractivity contribution in [2.45, 2.75) is 43.1 Å². The molecule has 0 aliphatic carbocycles. The zero-order valence-corrected chi connectivity index (χ0v) is 23.6. The molecule has 0 radical (unpaired) electrons. The minimum absolute atomic E-state index is 0.384. The van der Waals surface area contributed by atoms with E-state index < -0.39 is 5.60 Å². The van der Waals surface area contributed by atoms with Gasteiger partial charge in [-0.2, -0.15) is 0 Å². The number of hydrogen-bond donors (Lipinski definition) is 0. The Balaban J connectivity index is 2.02. The molecule has 4 rings (SSSR count). The van der Waals surface area contributed by atoms with Crippen LogP contribution in [0.25, 0.3) is 0 Å². The van der Waals surface area contributed by atoms with Gasteiger partial charge in [-0.3, -0.25) is 0 Å². The minimum Gasteiger partial charge on any atom is -0.439 e. The summed E-state index contributed by atoms with van der Waals surface area (Å²) in [5.41, 5.74) is 4.39. The van der Waals surface area contributed by atoms with Crippen LogP contribution in [0.15, 0.2) is 64.5 Å². The van der Waals surface area contributed by atoms with Crippen LogP contribution in [0.3, 0.4) is 0 Å². The molecular weight excluding hydrogens is 486 g/mol. The maximum absolute atomic E-state index is 13.2. The van der Waals surface area contributed by atoms with E-state index in [4.69, 9.17) is 4.74 Å².